The molecular weight excluding hydrogens is 250 g/mol. The number of carbonyl (C=O) groups is 1. The van der Waals surface area contributed by atoms with E-state index in [1.54, 1.807) is 0 Å². The van der Waals surface area contributed by atoms with Crippen molar-refractivity contribution in [1.29, 1.82) is 0 Å². The summed E-state index contributed by atoms with van der Waals surface area (Å²) in [7, 11) is 0. The van der Waals surface area contributed by atoms with Crippen LogP contribution < -0.4 is 0 Å². The molecule has 0 radical (unpaired) electrons. The van der Waals surface area contributed by atoms with Crippen molar-refractivity contribution >= 4 is 21.9 Å². The van der Waals surface area contributed by atoms with E-state index < -0.39 is 5.97 Å². The van der Waals surface area contributed by atoms with Crippen molar-refractivity contribution in [3.05, 3.63) is 15.9 Å². The highest BCUT2D eigenvalue weighted by atomic mass is 79.9. The molecule has 14 heavy (non-hydrogen) atoms. The predicted octanol–water partition coefficient (Wildman–Crippen LogP) is 2.79. The van der Waals surface area contributed by atoms with Gasteiger partial charge in [0.15, 0.2) is 4.60 Å². The second kappa shape index (κ2) is 3.73. The zero-order chi connectivity index (χ0) is 10.1. The maximum absolute atomic E-state index is 10.8. The Morgan fingerprint density at radius 2 is 2.14 bits per heavy atom. The molecule has 0 amide bonds. The van der Waals surface area contributed by atoms with Gasteiger partial charge in [0.2, 0.25) is 5.76 Å². The van der Waals surface area contributed by atoms with Crippen LogP contribution in [0.3, 0.4) is 0 Å². The number of halogens is 1. The van der Waals surface area contributed by atoms with E-state index in [0.29, 0.717) is 10.5 Å². The molecule has 76 valence electrons. The average molecular weight is 260 g/mol. The van der Waals surface area contributed by atoms with Gasteiger partial charge in [-0.15, -0.1) is 0 Å². The fraction of sp³-hybridized carbons (Fsp3) is 0.556. The van der Waals surface area contributed by atoms with Crippen molar-refractivity contribution < 1.29 is 14.4 Å². The van der Waals surface area contributed by atoms with Crippen LogP contribution in [0, 0.1) is 0 Å². The Bertz CT molecular complexity index is 355. The average Bonchev–Trinajstić information content (AvgIpc) is 2.71. The van der Waals surface area contributed by atoms with Gasteiger partial charge in [0, 0.05) is 5.56 Å². The summed E-state index contributed by atoms with van der Waals surface area (Å²) >= 11 is 3.23. The standard InChI is InChI=1S/C9H10BrNO3/c10-8-6(5-3-1-2-4-5)7(9(12)13)14-11-8/h5H,1-4H2,(H,12,13). The van der Waals surface area contributed by atoms with E-state index in [2.05, 4.69) is 21.1 Å². The maximum Gasteiger partial charge on any atom is 0.375 e. The van der Waals surface area contributed by atoms with Crippen molar-refractivity contribution in [2.75, 3.05) is 0 Å². The number of nitrogens with zero attached hydrogens (tertiary/aromatic N) is 1. The fourth-order valence-electron chi connectivity index (χ4n) is 2.00. The Morgan fingerprint density at radius 1 is 1.50 bits per heavy atom. The molecule has 0 saturated heterocycles. The SMILES string of the molecule is O=C(O)c1onc(Br)c1C1CCCC1. The van der Waals surface area contributed by atoms with Gasteiger partial charge in [0.05, 0.1) is 0 Å². The second-order valence-electron chi connectivity index (χ2n) is 3.50. The highest BCUT2D eigenvalue weighted by Crippen LogP contribution is 2.39. The van der Waals surface area contributed by atoms with E-state index >= 15 is 0 Å². The fourth-order valence-corrected chi connectivity index (χ4v) is 2.58. The lowest BCUT2D eigenvalue weighted by Gasteiger charge is -2.06. The normalized spacial score (nSPS) is 17.5. The minimum atomic E-state index is -1.04. The Balaban J connectivity index is 2.38. The van der Waals surface area contributed by atoms with Crippen molar-refractivity contribution in [3.63, 3.8) is 0 Å². The summed E-state index contributed by atoms with van der Waals surface area (Å²) in [4.78, 5) is 10.8. The third kappa shape index (κ3) is 1.56. The quantitative estimate of drug-likeness (QED) is 0.887. The first-order valence-electron chi connectivity index (χ1n) is 4.58. The number of rotatable bonds is 2. The van der Waals surface area contributed by atoms with E-state index in [1.165, 1.54) is 0 Å². The number of hydrogen-bond acceptors (Lipinski definition) is 3. The number of hydrogen-bond donors (Lipinski definition) is 1. The summed E-state index contributed by atoms with van der Waals surface area (Å²) in [5.74, 6) is -0.754. The maximum atomic E-state index is 10.8. The molecule has 0 spiro atoms. The van der Waals surface area contributed by atoms with Crippen molar-refractivity contribution in [2.24, 2.45) is 0 Å². The molecule has 0 aliphatic heterocycles. The molecular formula is C9H10BrNO3. The van der Waals surface area contributed by atoms with E-state index in [1.807, 2.05) is 0 Å². The summed E-state index contributed by atoms with van der Waals surface area (Å²) in [5, 5.41) is 12.5. The lowest BCUT2D eigenvalue weighted by atomic mass is 9.99. The Morgan fingerprint density at radius 3 is 2.71 bits per heavy atom. The Labute approximate surface area is 89.4 Å². The van der Waals surface area contributed by atoms with Gasteiger partial charge in [-0.05, 0) is 34.7 Å². The second-order valence-corrected chi connectivity index (χ2v) is 4.25. The highest BCUT2D eigenvalue weighted by molar-refractivity contribution is 9.10. The van der Waals surface area contributed by atoms with Gasteiger partial charge in [0.1, 0.15) is 0 Å². The molecule has 1 aliphatic carbocycles. The summed E-state index contributed by atoms with van der Waals surface area (Å²) in [6.45, 7) is 0. The molecule has 1 heterocycles. The molecule has 0 unspecified atom stereocenters. The molecule has 1 aliphatic rings. The molecule has 1 N–H and O–H groups in total. The first-order valence-corrected chi connectivity index (χ1v) is 5.38. The molecule has 1 fully saturated rings. The summed E-state index contributed by atoms with van der Waals surface area (Å²) < 4.78 is 5.32. The van der Waals surface area contributed by atoms with Gasteiger partial charge in [-0.2, -0.15) is 0 Å². The molecule has 0 bridgehead atoms. The summed E-state index contributed by atoms with van der Waals surface area (Å²) in [6.07, 6.45) is 4.36. The summed E-state index contributed by atoms with van der Waals surface area (Å²) in [5.41, 5.74) is 0.731. The van der Waals surface area contributed by atoms with Crippen molar-refractivity contribution in [3.8, 4) is 0 Å². The van der Waals surface area contributed by atoms with Crippen LogP contribution in [-0.4, -0.2) is 16.2 Å². The molecule has 5 heteroatoms. The van der Waals surface area contributed by atoms with Gasteiger partial charge < -0.3 is 9.63 Å². The highest BCUT2D eigenvalue weighted by Gasteiger charge is 2.29. The van der Waals surface area contributed by atoms with Gasteiger partial charge in [-0.3, -0.25) is 0 Å². The van der Waals surface area contributed by atoms with Crippen molar-refractivity contribution in [1.82, 2.24) is 5.16 Å². The Hall–Kier alpha value is -0.840. The van der Waals surface area contributed by atoms with Crippen LogP contribution in [0.4, 0.5) is 0 Å². The lowest BCUT2D eigenvalue weighted by molar-refractivity contribution is 0.0649. The van der Waals surface area contributed by atoms with Crippen LogP contribution in [0.1, 0.15) is 47.7 Å². The number of carboxylic acid groups (broad SMARTS) is 1. The number of aromatic carboxylic acids is 1. The monoisotopic (exact) mass is 259 g/mol. The topological polar surface area (TPSA) is 63.3 Å². The van der Waals surface area contributed by atoms with Crippen molar-refractivity contribution in [2.45, 2.75) is 31.6 Å². The van der Waals surface area contributed by atoms with Gasteiger partial charge in [-0.1, -0.05) is 18.0 Å². The van der Waals surface area contributed by atoms with E-state index in [9.17, 15) is 4.79 Å². The molecule has 1 aromatic rings. The molecule has 1 saturated carbocycles. The third-order valence-corrected chi connectivity index (χ3v) is 3.21. The van der Waals surface area contributed by atoms with E-state index in [-0.39, 0.29) is 5.76 Å². The zero-order valence-corrected chi connectivity index (χ0v) is 9.08. The third-order valence-electron chi connectivity index (χ3n) is 2.64. The van der Waals surface area contributed by atoms with Crippen LogP contribution in [0.2, 0.25) is 0 Å². The minimum Gasteiger partial charge on any atom is -0.475 e. The van der Waals surface area contributed by atoms with Gasteiger partial charge in [-0.25, -0.2) is 4.79 Å². The number of carboxylic acids is 1. The Kier molecular flexibility index (Phi) is 2.58. The first-order chi connectivity index (χ1) is 6.70. The van der Waals surface area contributed by atoms with Crippen LogP contribution >= 0.6 is 15.9 Å². The predicted molar refractivity (Wildman–Crippen MR) is 52.4 cm³/mol. The minimum absolute atomic E-state index is 0.0104. The molecule has 2 rings (SSSR count). The zero-order valence-electron chi connectivity index (χ0n) is 7.49. The molecule has 1 aromatic heterocycles. The lowest BCUT2D eigenvalue weighted by Crippen LogP contribution is -2.02. The largest absolute Gasteiger partial charge is 0.475 e. The van der Waals surface area contributed by atoms with E-state index in [0.717, 1.165) is 31.2 Å². The molecule has 0 atom stereocenters. The first kappa shape index (κ1) is 9.71. The van der Waals surface area contributed by atoms with Crippen LogP contribution in [0.5, 0.6) is 0 Å². The van der Waals surface area contributed by atoms with Gasteiger partial charge >= 0.3 is 5.97 Å². The number of aromatic nitrogens is 1. The summed E-state index contributed by atoms with van der Waals surface area (Å²) in [6, 6.07) is 0. The smallest absolute Gasteiger partial charge is 0.375 e. The van der Waals surface area contributed by atoms with Crippen LogP contribution in [0.15, 0.2) is 9.13 Å². The molecule has 4 nitrogen and oxygen atoms in total. The van der Waals surface area contributed by atoms with Gasteiger partial charge in [0.25, 0.3) is 0 Å². The van der Waals surface area contributed by atoms with E-state index in [4.69, 9.17) is 9.63 Å². The van der Waals surface area contributed by atoms with Crippen LogP contribution in [0.25, 0.3) is 0 Å². The molecule has 0 aromatic carbocycles. The van der Waals surface area contributed by atoms with Crippen LogP contribution in [-0.2, 0) is 0 Å².